The summed E-state index contributed by atoms with van der Waals surface area (Å²) < 4.78 is 0. The first-order valence-corrected chi connectivity index (χ1v) is 11.4. The summed E-state index contributed by atoms with van der Waals surface area (Å²) in [6.07, 6.45) is 1.40. The first-order chi connectivity index (χ1) is 17.0. The zero-order valence-electron chi connectivity index (χ0n) is 19.3. The van der Waals surface area contributed by atoms with Crippen molar-refractivity contribution in [2.75, 3.05) is 41.7 Å². The molecular formula is C26H27N7O2. The minimum absolute atomic E-state index is 0.0711. The Morgan fingerprint density at radius 1 is 1.03 bits per heavy atom. The van der Waals surface area contributed by atoms with Gasteiger partial charge in [-0.1, -0.05) is 30.3 Å². The van der Waals surface area contributed by atoms with Gasteiger partial charge in [0.1, 0.15) is 12.2 Å². The molecule has 2 heterocycles. The number of primary amides is 1. The van der Waals surface area contributed by atoms with E-state index in [4.69, 9.17) is 11.0 Å². The Labute approximate surface area is 204 Å². The second-order valence-corrected chi connectivity index (χ2v) is 8.19. The van der Waals surface area contributed by atoms with Crippen LogP contribution in [0.3, 0.4) is 0 Å². The van der Waals surface area contributed by atoms with E-state index >= 15 is 0 Å². The normalized spacial score (nSPS) is 13.1. The number of nitriles is 1. The summed E-state index contributed by atoms with van der Waals surface area (Å²) in [6.45, 7) is 3.20. The van der Waals surface area contributed by atoms with E-state index in [1.165, 1.54) is 6.20 Å². The van der Waals surface area contributed by atoms with Crippen LogP contribution in [0.25, 0.3) is 0 Å². The van der Waals surface area contributed by atoms with E-state index in [9.17, 15) is 9.59 Å². The monoisotopic (exact) mass is 469 g/mol. The summed E-state index contributed by atoms with van der Waals surface area (Å²) in [4.78, 5) is 32.0. The van der Waals surface area contributed by atoms with Crippen molar-refractivity contribution in [2.24, 2.45) is 5.73 Å². The summed E-state index contributed by atoms with van der Waals surface area (Å²) in [5.74, 6) is -0.0690. The van der Waals surface area contributed by atoms with Crippen LogP contribution in [-0.2, 0) is 11.3 Å². The molecule has 1 aliphatic rings. The predicted octanol–water partition coefficient (Wildman–Crippen LogP) is 3.10. The van der Waals surface area contributed by atoms with E-state index in [0.717, 1.165) is 30.0 Å². The van der Waals surface area contributed by atoms with Crippen molar-refractivity contribution in [3.8, 4) is 6.07 Å². The number of anilines is 4. The second kappa shape index (κ2) is 11.0. The highest BCUT2D eigenvalue weighted by atomic mass is 16.2. The molecule has 9 nitrogen and oxygen atoms in total. The van der Waals surface area contributed by atoms with Crippen molar-refractivity contribution in [3.05, 3.63) is 78.0 Å². The average Bonchev–Trinajstić information content (AvgIpc) is 2.89. The van der Waals surface area contributed by atoms with Crippen LogP contribution >= 0.6 is 0 Å². The lowest BCUT2D eigenvalue weighted by atomic mass is 10.2. The number of carbonyl (C=O) groups excluding carboxylic acids is 2. The lowest BCUT2D eigenvalue weighted by Crippen LogP contribution is -2.48. The van der Waals surface area contributed by atoms with Crippen LogP contribution in [-0.4, -0.2) is 47.9 Å². The van der Waals surface area contributed by atoms with Gasteiger partial charge in [-0.05, 0) is 29.8 Å². The van der Waals surface area contributed by atoms with Crippen molar-refractivity contribution in [3.63, 3.8) is 0 Å². The Bertz CT molecular complexity index is 1210. The molecule has 0 aliphatic carbocycles. The molecule has 3 aromatic rings. The summed E-state index contributed by atoms with van der Waals surface area (Å²) in [6, 6.07) is 21.5. The number of nitrogens with one attached hydrogen (secondary N) is 2. The van der Waals surface area contributed by atoms with Crippen LogP contribution in [0.4, 0.5) is 22.9 Å². The van der Waals surface area contributed by atoms with Crippen LogP contribution in [0.2, 0.25) is 0 Å². The standard InChI is InChI=1S/C26H27N7O2/c27-11-10-25(34)33-14-12-32(13-15-33)21-8-6-20(7-9-21)31-24-16-23(22(18-30-24)26(28)35)29-17-19-4-2-1-3-5-19/h1-9,16,18H,10,12-15,17H2,(H2,28,35)(H2,29,30,31). The van der Waals surface area contributed by atoms with Gasteiger partial charge in [-0.2, -0.15) is 5.26 Å². The van der Waals surface area contributed by atoms with Crippen LogP contribution in [0.5, 0.6) is 0 Å². The molecule has 0 spiro atoms. The molecule has 1 aromatic heterocycles. The molecule has 2 amide bonds. The van der Waals surface area contributed by atoms with E-state index < -0.39 is 5.91 Å². The third kappa shape index (κ3) is 6.06. The lowest BCUT2D eigenvalue weighted by Gasteiger charge is -2.36. The fourth-order valence-corrected chi connectivity index (χ4v) is 3.96. The molecular weight excluding hydrogens is 442 g/mol. The molecule has 4 N–H and O–H groups in total. The smallest absolute Gasteiger partial charge is 0.252 e. The number of nitrogens with zero attached hydrogens (tertiary/aromatic N) is 4. The summed E-state index contributed by atoms with van der Waals surface area (Å²) >= 11 is 0. The third-order valence-corrected chi connectivity index (χ3v) is 5.86. The molecule has 178 valence electrons. The Morgan fingerprint density at radius 3 is 2.40 bits per heavy atom. The fraction of sp³-hybridized carbons (Fsp3) is 0.231. The number of piperazine rings is 1. The van der Waals surface area contributed by atoms with E-state index in [0.29, 0.717) is 36.7 Å². The largest absolute Gasteiger partial charge is 0.380 e. The molecule has 4 rings (SSSR count). The van der Waals surface area contributed by atoms with Gasteiger partial charge in [0.05, 0.1) is 17.3 Å². The molecule has 0 radical (unpaired) electrons. The Balaban J connectivity index is 1.39. The zero-order valence-corrected chi connectivity index (χ0v) is 19.3. The predicted molar refractivity (Wildman–Crippen MR) is 135 cm³/mol. The molecule has 0 atom stereocenters. The number of pyridine rings is 1. The van der Waals surface area contributed by atoms with Gasteiger partial charge in [-0.25, -0.2) is 4.98 Å². The topological polar surface area (TPSA) is 127 Å². The van der Waals surface area contributed by atoms with E-state index in [1.807, 2.05) is 60.7 Å². The quantitative estimate of drug-likeness (QED) is 0.463. The van der Waals surface area contributed by atoms with Gasteiger partial charge in [0, 0.05) is 56.4 Å². The second-order valence-electron chi connectivity index (χ2n) is 8.19. The number of amides is 2. The molecule has 1 saturated heterocycles. The van der Waals surface area contributed by atoms with Crippen molar-refractivity contribution in [1.82, 2.24) is 9.88 Å². The van der Waals surface area contributed by atoms with Gasteiger partial charge >= 0.3 is 0 Å². The van der Waals surface area contributed by atoms with Gasteiger partial charge < -0.3 is 26.2 Å². The first-order valence-electron chi connectivity index (χ1n) is 11.4. The van der Waals surface area contributed by atoms with E-state index in [2.05, 4.69) is 20.5 Å². The Morgan fingerprint density at radius 2 is 1.74 bits per heavy atom. The number of hydrogen-bond donors (Lipinski definition) is 3. The summed E-state index contributed by atoms with van der Waals surface area (Å²) in [5, 5.41) is 15.3. The maximum absolute atomic E-state index is 11.9. The molecule has 0 saturated carbocycles. The minimum atomic E-state index is -0.543. The van der Waals surface area contributed by atoms with Crippen LogP contribution in [0.15, 0.2) is 66.9 Å². The number of nitrogens with two attached hydrogens (primary N) is 1. The lowest BCUT2D eigenvalue weighted by molar-refractivity contribution is -0.130. The number of carbonyl (C=O) groups is 2. The minimum Gasteiger partial charge on any atom is -0.380 e. The van der Waals surface area contributed by atoms with Gasteiger partial charge in [-0.3, -0.25) is 9.59 Å². The zero-order chi connectivity index (χ0) is 24.6. The molecule has 1 aliphatic heterocycles. The van der Waals surface area contributed by atoms with Gasteiger partial charge in [0.15, 0.2) is 0 Å². The SMILES string of the molecule is N#CCC(=O)N1CCN(c2ccc(Nc3cc(NCc4ccccc4)c(C(N)=O)cn3)cc2)CC1. The molecule has 0 bridgehead atoms. The highest BCUT2D eigenvalue weighted by molar-refractivity contribution is 5.98. The van der Waals surface area contributed by atoms with Crippen LogP contribution < -0.4 is 21.3 Å². The van der Waals surface area contributed by atoms with E-state index in [-0.39, 0.29) is 12.3 Å². The van der Waals surface area contributed by atoms with Gasteiger partial charge in [0.25, 0.3) is 5.91 Å². The third-order valence-electron chi connectivity index (χ3n) is 5.86. The molecule has 35 heavy (non-hydrogen) atoms. The Kier molecular flexibility index (Phi) is 7.43. The van der Waals surface area contributed by atoms with Crippen molar-refractivity contribution >= 4 is 34.7 Å². The highest BCUT2D eigenvalue weighted by Gasteiger charge is 2.21. The summed E-state index contributed by atoms with van der Waals surface area (Å²) in [7, 11) is 0. The van der Waals surface area contributed by atoms with Crippen molar-refractivity contribution in [1.29, 1.82) is 5.26 Å². The first kappa shape index (κ1) is 23.6. The molecule has 2 aromatic carbocycles. The Hall–Kier alpha value is -4.58. The van der Waals surface area contributed by atoms with Crippen LogP contribution in [0.1, 0.15) is 22.3 Å². The highest BCUT2D eigenvalue weighted by Crippen LogP contribution is 2.24. The average molecular weight is 470 g/mol. The summed E-state index contributed by atoms with van der Waals surface area (Å²) in [5.41, 5.74) is 9.47. The molecule has 0 unspecified atom stereocenters. The molecule has 1 fully saturated rings. The van der Waals surface area contributed by atoms with Crippen molar-refractivity contribution in [2.45, 2.75) is 13.0 Å². The van der Waals surface area contributed by atoms with Crippen molar-refractivity contribution < 1.29 is 9.59 Å². The number of benzene rings is 2. The number of aromatic nitrogens is 1. The molecule has 9 heteroatoms. The maximum atomic E-state index is 11.9. The van der Waals surface area contributed by atoms with E-state index in [1.54, 1.807) is 11.0 Å². The van der Waals surface area contributed by atoms with Gasteiger partial charge in [-0.15, -0.1) is 0 Å². The number of hydrogen-bond acceptors (Lipinski definition) is 7. The maximum Gasteiger partial charge on any atom is 0.252 e. The fourth-order valence-electron chi connectivity index (χ4n) is 3.96. The van der Waals surface area contributed by atoms with Crippen LogP contribution in [0, 0.1) is 11.3 Å². The van der Waals surface area contributed by atoms with Gasteiger partial charge in [0.2, 0.25) is 5.91 Å². The number of rotatable bonds is 8.